The lowest BCUT2D eigenvalue weighted by Gasteiger charge is -2.19. The number of carbonyl (C=O) groups excluding carboxylic acids is 2. The first-order valence-corrected chi connectivity index (χ1v) is 9.49. The highest BCUT2D eigenvalue weighted by atomic mass is 16.5. The van der Waals surface area contributed by atoms with Crippen molar-refractivity contribution >= 4 is 17.5 Å². The predicted octanol–water partition coefficient (Wildman–Crippen LogP) is 2.86. The van der Waals surface area contributed by atoms with Crippen molar-refractivity contribution in [2.75, 3.05) is 18.9 Å². The third-order valence-corrected chi connectivity index (χ3v) is 5.11. The Kier molecular flexibility index (Phi) is 6.26. The molecule has 0 bridgehead atoms. The maximum atomic E-state index is 12.8. The van der Waals surface area contributed by atoms with Crippen LogP contribution in [0.15, 0.2) is 36.5 Å². The zero-order valence-corrected chi connectivity index (χ0v) is 16.2. The third kappa shape index (κ3) is 4.48. The molecule has 148 valence electrons. The zero-order chi connectivity index (χ0) is 20.1. The molecule has 2 amide bonds. The topological polar surface area (TPSA) is 106 Å². The van der Waals surface area contributed by atoms with Crippen LogP contribution in [0.1, 0.15) is 35.3 Å². The molecule has 1 heterocycles. The van der Waals surface area contributed by atoms with Crippen molar-refractivity contribution in [2.24, 2.45) is 17.6 Å². The van der Waals surface area contributed by atoms with Gasteiger partial charge in [0.1, 0.15) is 11.4 Å². The summed E-state index contributed by atoms with van der Waals surface area (Å²) >= 11 is 0. The second kappa shape index (κ2) is 8.84. The number of hydrogen-bond donors (Lipinski definition) is 3. The normalized spacial score (nSPS) is 18.5. The van der Waals surface area contributed by atoms with Gasteiger partial charge in [-0.25, -0.2) is 0 Å². The molecule has 1 aliphatic carbocycles. The lowest BCUT2D eigenvalue weighted by atomic mass is 9.95. The molecule has 1 aromatic heterocycles. The summed E-state index contributed by atoms with van der Waals surface area (Å²) in [4.78, 5) is 28.6. The number of aromatic nitrogens is 1. The van der Waals surface area contributed by atoms with E-state index in [1.165, 1.54) is 6.20 Å². The van der Waals surface area contributed by atoms with E-state index >= 15 is 0 Å². The van der Waals surface area contributed by atoms with Crippen molar-refractivity contribution in [2.45, 2.75) is 26.2 Å². The van der Waals surface area contributed by atoms with Gasteiger partial charge in [-0.1, -0.05) is 12.5 Å². The Morgan fingerprint density at radius 2 is 2.07 bits per heavy atom. The van der Waals surface area contributed by atoms with Crippen molar-refractivity contribution in [1.82, 2.24) is 10.3 Å². The average molecular weight is 382 g/mol. The van der Waals surface area contributed by atoms with Crippen LogP contribution in [0.4, 0.5) is 5.69 Å². The highest BCUT2D eigenvalue weighted by molar-refractivity contribution is 5.94. The summed E-state index contributed by atoms with van der Waals surface area (Å²) in [6.07, 6.45) is 4.38. The predicted molar refractivity (Wildman–Crippen MR) is 107 cm³/mol. The fourth-order valence-corrected chi connectivity index (χ4v) is 3.56. The SMILES string of the molecule is CNC(=O)c1cc(Oc2cc(C)ccc2NC(=O)[C@@H]2CCC[C@@H]2CN)ccn1. The molecular formula is C21H26N4O3. The van der Waals surface area contributed by atoms with E-state index in [9.17, 15) is 9.59 Å². The van der Waals surface area contributed by atoms with E-state index in [2.05, 4.69) is 15.6 Å². The first-order valence-electron chi connectivity index (χ1n) is 9.49. The number of aryl methyl sites for hydroxylation is 1. The van der Waals surface area contributed by atoms with Crippen LogP contribution in [0.25, 0.3) is 0 Å². The first-order chi connectivity index (χ1) is 13.5. The van der Waals surface area contributed by atoms with E-state index in [4.69, 9.17) is 10.5 Å². The van der Waals surface area contributed by atoms with Gasteiger partial charge in [0.05, 0.1) is 5.69 Å². The molecule has 0 unspecified atom stereocenters. The number of nitrogens with one attached hydrogen (secondary N) is 2. The van der Waals surface area contributed by atoms with Crippen molar-refractivity contribution in [3.05, 3.63) is 47.8 Å². The molecule has 4 N–H and O–H groups in total. The minimum absolute atomic E-state index is 0.0255. The smallest absolute Gasteiger partial charge is 0.269 e. The Bertz CT molecular complexity index is 868. The number of pyridine rings is 1. The summed E-state index contributed by atoms with van der Waals surface area (Å²) in [6, 6.07) is 8.83. The van der Waals surface area contributed by atoms with Gasteiger partial charge in [0.15, 0.2) is 5.75 Å². The molecule has 28 heavy (non-hydrogen) atoms. The van der Waals surface area contributed by atoms with E-state index in [0.29, 0.717) is 23.7 Å². The summed E-state index contributed by atoms with van der Waals surface area (Å²) in [5.74, 6) is 0.824. The zero-order valence-electron chi connectivity index (χ0n) is 16.2. The Morgan fingerprint density at radius 3 is 2.82 bits per heavy atom. The number of amides is 2. The fraction of sp³-hybridized carbons (Fsp3) is 0.381. The minimum Gasteiger partial charge on any atom is -0.455 e. The molecule has 1 aliphatic rings. The summed E-state index contributed by atoms with van der Waals surface area (Å²) in [7, 11) is 1.55. The lowest BCUT2D eigenvalue weighted by Crippen LogP contribution is -2.29. The molecule has 2 aromatic rings. The quantitative estimate of drug-likeness (QED) is 0.712. The number of nitrogens with zero attached hydrogens (tertiary/aromatic N) is 1. The lowest BCUT2D eigenvalue weighted by molar-refractivity contribution is -0.120. The Hall–Kier alpha value is -2.93. The van der Waals surface area contributed by atoms with Crippen LogP contribution in [0.3, 0.4) is 0 Å². The van der Waals surface area contributed by atoms with Crippen LogP contribution in [-0.2, 0) is 4.79 Å². The number of nitrogens with two attached hydrogens (primary N) is 1. The monoisotopic (exact) mass is 382 g/mol. The van der Waals surface area contributed by atoms with E-state index in [1.807, 2.05) is 25.1 Å². The molecule has 2 atom stereocenters. The molecule has 7 nitrogen and oxygen atoms in total. The summed E-state index contributed by atoms with van der Waals surface area (Å²) in [6.45, 7) is 2.47. The maximum Gasteiger partial charge on any atom is 0.269 e. The Morgan fingerprint density at radius 1 is 1.25 bits per heavy atom. The van der Waals surface area contributed by atoms with Gasteiger partial charge in [0, 0.05) is 25.2 Å². The van der Waals surface area contributed by atoms with Crippen molar-refractivity contribution in [1.29, 1.82) is 0 Å². The maximum absolute atomic E-state index is 12.8. The standard InChI is InChI=1S/C21H26N4O3/c1-13-6-7-17(25-20(26)16-5-3-4-14(16)12-22)19(10-13)28-15-8-9-24-18(11-15)21(27)23-2/h6-11,14,16H,3-5,12,22H2,1-2H3,(H,23,27)(H,25,26)/t14-,16-/m1/s1. The molecule has 0 aliphatic heterocycles. The van der Waals surface area contributed by atoms with Gasteiger partial charge in [-0.05, 0) is 56.0 Å². The van der Waals surface area contributed by atoms with E-state index < -0.39 is 0 Å². The average Bonchev–Trinajstić information content (AvgIpc) is 3.18. The molecule has 7 heteroatoms. The molecular weight excluding hydrogens is 356 g/mol. The summed E-state index contributed by atoms with van der Waals surface area (Å²) in [5, 5.41) is 5.53. The minimum atomic E-state index is -0.294. The van der Waals surface area contributed by atoms with Crippen molar-refractivity contribution in [3.63, 3.8) is 0 Å². The number of carbonyl (C=O) groups is 2. The van der Waals surface area contributed by atoms with Gasteiger partial charge in [-0.2, -0.15) is 0 Å². The number of hydrogen-bond acceptors (Lipinski definition) is 5. The third-order valence-electron chi connectivity index (χ3n) is 5.11. The van der Waals surface area contributed by atoms with Gasteiger partial charge >= 0.3 is 0 Å². The molecule has 1 saturated carbocycles. The molecule has 1 aromatic carbocycles. The fourth-order valence-electron chi connectivity index (χ4n) is 3.56. The van der Waals surface area contributed by atoms with Gasteiger partial charge in [-0.3, -0.25) is 14.6 Å². The van der Waals surface area contributed by atoms with Crippen LogP contribution < -0.4 is 21.1 Å². The second-order valence-corrected chi connectivity index (χ2v) is 7.08. The molecule has 0 radical (unpaired) electrons. The molecule has 0 saturated heterocycles. The largest absolute Gasteiger partial charge is 0.455 e. The summed E-state index contributed by atoms with van der Waals surface area (Å²) < 4.78 is 5.98. The number of anilines is 1. The highest BCUT2D eigenvalue weighted by Crippen LogP contribution is 2.35. The number of benzene rings is 1. The number of rotatable bonds is 6. The van der Waals surface area contributed by atoms with Gasteiger partial charge < -0.3 is 21.1 Å². The van der Waals surface area contributed by atoms with Crippen LogP contribution in [0.5, 0.6) is 11.5 Å². The van der Waals surface area contributed by atoms with E-state index in [-0.39, 0.29) is 29.3 Å². The molecule has 3 rings (SSSR count). The van der Waals surface area contributed by atoms with Crippen LogP contribution in [-0.4, -0.2) is 30.4 Å². The van der Waals surface area contributed by atoms with Gasteiger partial charge in [-0.15, -0.1) is 0 Å². The van der Waals surface area contributed by atoms with Gasteiger partial charge in [0.25, 0.3) is 5.91 Å². The van der Waals surface area contributed by atoms with Crippen LogP contribution in [0.2, 0.25) is 0 Å². The van der Waals surface area contributed by atoms with Gasteiger partial charge in [0.2, 0.25) is 5.91 Å². The molecule has 0 spiro atoms. The van der Waals surface area contributed by atoms with E-state index in [1.54, 1.807) is 19.2 Å². The Labute approximate surface area is 164 Å². The molecule has 1 fully saturated rings. The van der Waals surface area contributed by atoms with Crippen LogP contribution in [0, 0.1) is 18.8 Å². The summed E-state index contributed by atoms with van der Waals surface area (Å²) in [5.41, 5.74) is 7.66. The Balaban J connectivity index is 1.81. The second-order valence-electron chi connectivity index (χ2n) is 7.08. The van der Waals surface area contributed by atoms with Crippen molar-refractivity contribution < 1.29 is 14.3 Å². The number of ether oxygens (including phenoxy) is 1. The highest BCUT2D eigenvalue weighted by Gasteiger charge is 2.32. The van der Waals surface area contributed by atoms with Crippen molar-refractivity contribution in [3.8, 4) is 11.5 Å². The van der Waals surface area contributed by atoms with Crippen LogP contribution >= 0.6 is 0 Å². The van der Waals surface area contributed by atoms with E-state index in [0.717, 1.165) is 24.8 Å². The first kappa shape index (κ1) is 19.8.